The number of hydrogen-bond acceptors (Lipinski definition) is 2. The molecule has 5 N–H and O–H groups in total. The Balaban J connectivity index is 2.40. The number of rotatable bonds is 7. The van der Waals surface area contributed by atoms with Gasteiger partial charge in [0, 0.05) is 13.1 Å². The van der Waals surface area contributed by atoms with Gasteiger partial charge in [0.2, 0.25) is 0 Å². The van der Waals surface area contributed by atoms with E-state index in [1.54, 1.807) is 0 Å². The second-order valence-corrected chi connectivity index (χ2v) is 4.20. The van der Waals surface area contributed by atoms with Crippen molar-refractivity contribution in [2.45, 2.75) is 25.8 Å². The van der Waals surface area contributed by atoms with E-state index in [1.165, 1.54) is 11.1 Å². The second kappa shape index (κ2) is 7.39. The number of hydrogen-bond donors (Lipinski definition) is 2. The summed E-state index contributed by atoms with van der Waals surface area (Å²) in [5, 5.41) is 0. The van der Waals surface area contributed by atoms with E-state index in [1.807, 2.05) is 0 Å². The van der Waals surface area contributed by atoms with Crippen molar-refractivity contribution in [2.24, 2.45) is 17.4 Å². The monoisotopic (exact) mass is 220 g/mol. The zero-order valence-corrected chi connectivity index (χ0v) is 9.78. The fourth-order valence-corrected chi connectivity index (χ4v) is 1.80. The molecular formula is C13H22N3. The Labute approximate surface area is 98.0 Å². The van der Waals surface area contributed by atoms with Crippen molar-refractivity contribution in [1.29, 1.82) is 0 Å². The Bertz CT molecular complexity index is 282. The topological polar surface area (TPSA) is 75.8 Å². The van der Waals surface area contributed by atoms with Crippen LogP contribution in [-0.4, -0.2) is 13.1 Å². The van der Waals surface area contributed by atoms with Crippen LogP contribution in [-0.2, 0) is 13.0 Å². The summed E-state index contributed by atoms with van der Waals surface area (Å²) in [6.45, 7) is 1.78. The van der Waals surface area contributed by atoms with Gasteiger partial charge in [-0.2, -0.15) is 0 Å². The van der Waals surface area contributed by atoms with E-state index in [2.05, 4.69) is 24.3 Å². The Morgan fingerprint density at radius 1 is 1.00 bits per heavy atom. The molecule has 0 fully saturated rings. The van der Waals surface area contributed by atoms with E-state index in [0.717, 1.165) is 19.3 Å². The van der Waals surface area contributed by atoms with Crippen LogP contribution in [0, 0.1) is 5.92 Å². The predicted molar refractivity (Wildman–Crippen MR) is 67.8 cm³/mol. The van der Waals surface area contributed by atoms with Crippen LogP contribution in [0.15, 0.2) is 24.3 Å². The number of nitrogens with one attached hydrogen (secondary N) is 1. The summed E-state index contributed by atoms with van der Waals surface area (Å²) >= 11 is 0. The summed E-state index contributed by atoms with van der Waals surface area (Å²) in [5.74, 6) is 0.492. The third-order valence-corrected chi connectivity index (χ3v) is 2.99. The summed E-state index contributed by atoms with van der Waals surface area (Å²) in [7, 11) is 0. The molecule has 1 unspecified atom stereocenters. The number of aryl methyl sites for hydroxylation is 1. The van der Waals surface area contributed by atoms with Gasteiger partial charge in [-0.1, -0.05) is 24.3 Å². The molecule has 0 aliphatic carbocycles. The lowest BCUT2D eigenvalue weighted by Gasteiger charge is -2.13. The van der Waals surface area contributed by atoms with Gasteiger partial charge in [-0.25, -0.2) is 0 Å². The van der Waals surface area contributed by atoms with Gasteiger partial charge in [-0.3, -0.25) is 5.73 Å². The number of nitrogens with two attached hydrogens (primary N) is 2. The molecule has 1 aromatic carbocycles. The highest BCUT2D eigenvalue weighted by Gasteiger charge is 2.05. The molecule has 0 aliphatic rings. The van der Waals surface area contributed by atoms with E-state index >= 15 is 0 Å². The van der Waals surface area contributed by atoms with Crippen LogP contribution in [0.25, 0.3) is 0 Å². The molecule has 0 heterocycles. The third-order valence-electron chi connectivity index (χ3n) is 2.99. The maximum Gasteiger partial charge on any atom is 0.0178 e. The molecule has 1 rings (SSSR count). The zero-order chi connectivity index (χ0) is 11.8. The van der Waals surface area contributed by atoms with Gasteiger partial charge >= 0.3 is 0 Å². The molecule has 16 heavy (non-hydrogen) atoms. The first-order valence-electron chi connectivity index (χ1n) is 5.92. The second-order valence-electron chi connectivity index (χ2n) is 4.20. The van der Waals surface area contributed by atoms with Gasteiger partial charge in [0.25, 0.3) is 0 Å². The van der Waals surface area contributed by atoms with Gasteiger partial charge in [0.15, 0.2) is 0 Å². The van der Waals surface area contributed by atoms with Crippen LogP contribution in [0.2, 0.25) is 0 Å². The van der Waals surface area contributed by atoms with Crippen LogP contribution in [0.5, 0.6) is 0 Å². The fraction of sp³-hybridized carbons (Fsp3) is 0.538. The van der Waals surface area contributed by atoms with Gasteiger partial charge in [0.1, 0.15) is 0 Å². The normalized spacial score (nSPS) is 12.7. The van der Waals surface area contributed by atoms with Crippen molar-refractivity contribution in [2.75, 3.05) is 13.1 Å². The SMILES string of the molecule is [NH]CCC(CN)CCc1ccc(CN)cc1. The Hall–Kier alpha value is -0.900. The molecule has 0 saturated carbocycles. The summed E-state index contributed by atoms with van der Waals surface area (Å²) in [4.78, 5) is 0. The molecule has 1 radical (unpaired) electrons. The molecule has 3 nitrogen and oxygen atoms in total. The summed E-state index contributed by atoms with van der Waals surface area (Å²) in [6, 6.07) is 8.43. The van der Waals surface area contributed by atoms with Crippen LogP contribution in [0.3, 0.4) is 0 Å². The largest absolute Gasteiger partial charge is 0.330 e. The van der Waals surface area contributed by atoms with Crippen LogP contribution < -0.4 is 17.2 Å². The minimum absolute atomic E-state index is 0.480. The van der Waals surface area contributed by atoms with Gasteiger partial charge < -0.3 is 11.5 Å². The first-order chi connectivity index (χ1) is 7.80. The average molecular weight is 220 g/mol. The molecule has 89 valence electrons. The standard InChI is InChI=1S/C13H22N3/c14-8-7-13(10-16)6-3-11-1-4-12(9-15)5-2-11/h1-2,4-5,13-14H,3,6-10,15-16H2. The third kappa shape index (κ3) is 4.31. The zero-order valence-electron chi connectivity index (χ0n) is 9.78. The minimum Gasteiger partial charge on any atom is -0.330 e. The average Bonchev–Trinajstić information content (AvgIpc) is 2.35. The molecule has 1 aromatic rings. The minimum atomic E-state index is 0.480. The molecule has 1 atom stereocenters. The highest BCUT2D eigenvalue weighted by Crippen LogP contribution is 2.12. The first-order valence-corrected chi connectivity index (χ1v) is 5.92. The van der Waals surface area contributed by atoms with Crippen molar-refractivity contribution < 1.29 is 0 Å². The number of benzene rings is 1. The first kappa shape index (κ1) is 13.2. The van der Waals surface area contributed by atoms with Crippen molar-refractivity contribution in [3.63, 3.8) is 0 Å². The molecule has 0 amide bonds. The van der Waals surface area contributed by atoms with Crippen molar-refractivity contribution in [3.05, 3.63) is 35.4 Å². The Morgan fingerprint density at radius 3 is 2.12 bits per heavy atom. The molecule has 0 aromatic heterocycles. The lowest BCUT2D eigenvalue weighted by molar-refractivity contribution is 0.465. The van der Waals surface area contributed by atoms with E-state index in [4.69, 9.17) is 17.2 Å². The molecule has 0 saturated heterocycles. The smallest absolute Gasteiger partial charge is 0.0178 e. The molecule has 0 spiro atoms. The van der Waals surface area contributed by atoms with Crippen LogP contribution >= 0.6 is 0 Å². The van der Waals surface area contributed by atoms with E-state index < -0.39 is 0 Å². The molecule has 0 bridgehead atoms. The quantitative estimate of drug-likeness (QED) is 0.727. The molecule has 3 heteroatoms. The summed E-state index contributed by atoms with van der Waals surface area (Å²) in [5.41, 5.74) is 20.9. The summed E-state index contributed by atoms with van der Waals surface area (Å²) < 4.78 is 0. The van der Waals surface area contributed by atoms with Crippen molar-refractivity contribution >= 4 is 0 Å². The summed E-state index contributed by atoms with van der Waals surface area (Å²) in [6.07, 6.45) is 3.04. The van der Waals surface area contributed by atoms with Gasteiger partial charge in [-0.05, 0) is 42.9 Å². The maximum absolute atomic E-state index is 7.20. The van der Waals surface area contributed by atoms with Crippen LogP contribution in [0.1, 0.15) is 24.0 Å². The lowest BCUT2D eigenvalue weighted by Crippen LogP contribution is -2.16. The highest BCUT2D eigenvalue weighted by atomic mass is 14.6. The van der Waals surface area contributed by atoms with Gasteiger partial charge in [-0.15, -0.1) is 0 Å². The highest BCUT2D eigenvalue weighted by molar-refractivity contribution is 5.22. The van der Waals surface area contributed by atoms with Crippen molar-refractivity contribution in [1.82, 2.24) is 5.73 Å². The predicted octanol–water partition coefficient (Wildman–Crippen LogP) is 1.33. The van der Waals surface area contributed by atoms with Crippen LogP contribution in [0.4, 0.5) is 0 Å². The Kier molecular flexibility index (Phi) is 6.08. The van der Waals surface area contributed by atoms with E-state index in [-0.39, 0.29) is 0 Å². The fourth-order valence-electron chi connectivity index (χ4n) is 1.80. The lowest BCUT2D eigenvalue weighted by atomic mass is 9.96. The van der Waals surface area contributed by atoms with E-state index in [9.17, 15) is 0 Å². The van der Waals surface area contributed by atoms with Crippen molar-refractivity contribution in [3.8, 4) is 0 Å². The molecular weight excluding hydrogens is 198 g/mol. The Morgan fingerprint density at radius 2 is 1.62 bits per heavy atom. The van der Waals surface area contributed by atoms with Gasteiger partial charge in [0.05, 0.1) is 0 Å². The maximum atomic E-state index is 7.20. The molecule has 0 aliphatic heterocycles. The van der Waals surface area contributed by atoms with E-state index in [0.29, 0.717) is 25.6 Å².